The molecule has 0 unspecified atom stereocenters. The molecule has 0 aliphatic heterocycles. The van der Waals surface area contributed by atoms with E-state index in [1.807, 2.05) is 0 Å². The van der Waals surface area contributed by atoms with Crippen LogP contribution >= 0.6 is 0 Å². The van der Waals surface area contributed by atoms with Crippen LogP contribution in [0.1, 0.15) is 0 Å². The van der Waals surface area contributed by atoms with Gasteiger partial charge in [-0.15, -0.1) is 0 Å². The molecular formula is C21H20AsBF4. The minimum atomic E-state index is -6.00. The predicted octanol–water partition coefficient (Wildman–Crippen LogP) is 4.64. The number of hydrogen-bond donors (Lipinski definition) is 0. The molecule has 0 aliphatic carbocycles. The third kappa shape index (κ3) is 5.87. The average molecular weight is 434 g/mol. The van der Waals surface area contributed by atoms with E-state index in [0.717, 1.165) is 5.21 Å². The van der Waals surface area contributed by atoms with E-state index in [2.05, 4.69) is 104 Å². The van der Waals surface area contributed by atoms with Gasteiger partial charge < -0.3 is 17.3 Å². The van der Waals surface area contributed by atoms with Crippen LogP contribution in [0.3, 0.4) is 0 Å². The number of benzene rings is 3. The van der Waals surface area contributed by atoms with Gasteiger partial charge in [-0.2, -0.15) is 0 Å². The number of halogens is 4. The zero-order valence-electron chi connectivity index (χ0n) is 14.7. The molecule has 0 fully saturated rings. The quantitative estimate of drug-likeness (QED) is 0.312. The van der Waals surface area contributed by atoms with Crippen molar-refractivity contribution in [3.05, 3.63) is 104 Å². The van der Waals surface area contributed by atoms with Crippen molar-refractivity contribution >= 4 is 33.9 Å². The van der Waals surface area contributed by atoms with Crippen molar-refractivity contribution in [1.82, 2.24) is 0 Å². The van der Waals surface area contributed by atoms with Gasteiger partial charge >= 0.3 is 143 Å². The molecule has 0 radical (unpaired) electrons. The molecule has 140 valence electrons. The normalized spacial score (nSPS) is 11.3. The van der Waals surface area contributed by atoms with Crippen LogP contribution in [0.15, 0.2) is 104 Å². The van der Waals surface area contributed by atoms with E-state index >= 15 is 0 Å². The van der Waals surface area contributed by atoms with Gasteiger partial charge in [0.1, 0.15) is 0 Å². The van der Waals surface area contributed by atoms with Gasteiger partial charge in [-0.25, -0.2) is 0 Å². The minimum Gasteiger partial charge on any atom is -0.418 e. The molecule has 0 bridgehead atoms. The third-order valence-corrected chi connectivity index (χ3v) is 13.1. The maximum Gasteiger partial charge on any atom is 0.673 e. The summed E-state index contributed by atoms with van der Waals surface area (Å²) >= 11 is -2.48. The number of allylic oxidation sites excluding steroid dienone is 1. The monoisotopic (exact) mass is 434 g/mol. The average Bonchev–Trinajstić information content (AvgIpc) is 2.67. The molecule has 0 amide bonds. The van der Waals surface area contributed by atoms with Gasteiger partial charge in [-0.3, -0.25) is 0 Å². The molecule has 0 nitrogen and oxygen atoms in total. The summed E-state index contributed by atoms with van der Waals surface area (Å²) in [6.45, 7) is 4.07. The zero-order chi connectivity index (χ0) is 19.8. The first-order valence-corrected chi connectivity index (χ1v) is 12.6. The van der Waals surface area contributed by atoms with Crippen LogP contribution in [0.5, 0.6) is 0 Å². The Labute approximate surface area is 160 Å². The van der Waals surface area contributed by atoms with Crippen molar-refractivity contribution in [3.63, 3.8) is 0 Å². The van der Waals surface area contributed by atoms with Crippen LogP contribution in [-0.4, -0.2) is 20.8 Å². The second-order valence-corrected chi connectivity index (χ2v) is 13.2. The summed E-state index contributed by atoms with van der Waals surface area (Å²) in [5, 5.41) is 1.04. The van der Waals surface area contributed by atoms with Crippen LogP contribution in [0.25, 0.3) is 0 Å². The molecule has 0 aliphatic rings. The Balaban J connectivity index is 0.000000465. The summed E-state index contributed by atoms with van der Waals surface area (Å²) < 4.78 is 43.4. The van der Waals surface area contributed by atoms with Gasteiger partial charge in [0.15, 0.2) is 0 Å². The van der Waals surface area contributed by atoms with Crippen molar-refractivity contribution in [2.45, 2.75) is 5.21 Å². The largest absolute Gasteiger partial charge is 0.673 e. The summed E-state index contributed by atoms with van der Waals surface area (Å²) in [5.74, 6) is 0. The molecular weight excluding hydrogens is 414 g/mol. The van der Waals surface area contributed by atoms with Crippen molar-refractivity contribution in [2.24, 2.45) is 0 Å². The van der Waals surface area contributed by atoms with Crippen LogP contribution in [0, 0.1) is 0 Å². The molecule has 3 rings (SSSR count). The zero-order valence-corrected chi connectivity index (χ0v) is 16.6. The van der Waals surface area contributed by atoms with E-state index in [1.165, 1.54) is 13.1 Å². The Morgan fingerprint density at radius 2 is 0.889 bits per heavy atom. The maximum absolute atomic E-state index is 9.75. The second kappa shape index (κ2) is 9.61. The summed E-state index contributed by atoms with van der Waals surface area (Å²) in [6, 6.07) is 32.9. The summed E-state index contributed by atoms with van der Waals surface area (Å²) in [4.78, 5) is 0. The van der Waals surface area contributed by atoms with Crippen LogP contribution in [-0.2, 0) is 0 Å². The molecule has 0 saturated carbocycles. The fourth-order valence-electron chi connectivity index (χ4n) is 3.00. The van der Waals surface area contributed by atoms with Gasteiger partial charge in [0.05, 0.1) is 0 Å². The fraction of sp³-hybridized carbons (Fsp3) is 0.0476. The topological polar surface area (TPSA) is 0 Å². The van der Waals surface area contributed by atoms with E-state index < -0.39 is 20.8 Å². The molecule has 27 heavy (non-hydrogen) atoms. The predicted molar refractivity (Wildman–Crippen MR) is 109 cm³/mol. The van der Waals surface area contributed by atoms with Crippen LogP contribution in [0.4, 0.5) is 17.3 Å². The van der Waals surface area contributed by atoms with Crippen molar-refractivity contribution in [2.75, 3.05) is 0 Å². The fourth-order valence-corrected chi connectivity index (χ4v) is 11.3. The minimum absolute atomic E-state index is 1.04. The molecule has 0 atom stereocenters. The SMILES string of the molecule is C=CC[As+](c1ccccc1)(c1ccccc1)c1ccccc1.F[B-](F)(F)F. The van der Waals surface area contributed by atoms with Crippen LogP contribution in [0.2, 0.25) is 5.21 Å². The molecule has 3 aromatic rings. The van der Waals surface area contributed by atoms with E-state index in [0.29, 0.717) is 0 Å². The second-order valence-electron chi connectivity index (χ2n) is 5.78. The Bertz CT molecular complexity index is 718. The molecule has 0 N–H and O–H groups in total. The van der Waals surface area contributed by atoms with Gasteiger partial charge in [0.25, 0.3) is 0 Å². The van der Waals surface area contributed by atoms with E-state index in [9.17, 15) is 17.3 Å². The molecule has 0 saturated heterocycles. The Hall–Kier alpha value is -2.26. The Morgan fingerprint density at radius 1 is 0.630 bits per heavy atom. The van der Waals surface area contributed by atoms with E-state index in [-0.39, 0.29) is 0 Å². The molecule has 3 aromatic carbocycles. The number of rotatable bonds is 5. The van der Waals surface area contributed by atoms with Gasteiger partial charge in [-0.1, -0.05) is 0 Å². The van der Waals surface area contributed by atoms with Gasteiger partial charge in [-0.05, 0) is 0 Å². The molecule has 0 spiro atoms. The van der Waals surface area contributed by atoms with Gasteiger partial charge in [0.2, 0.25) is 0 Å². The summed E-state index contributed by atoms with van der Waals surface area (Å²) in [6.07, 6.45) is 2.10. The first kappa shape index (κ1) is 21.0. The smallest absolute Gasteiger partial charge is 0.418 e. The molecule has 6 heteroatoms. The van der Waals surface area contributed by atoms with E-state index in [4.69, 9.17) is 0 Å². The van der Waals surface area contributed by atoms with Crippen molar-refractivity contribution < 1.29 is 17.3 Å². The molecule has 0 aromatic heterocycles. The Kier molecular flexibility index (Phi) is 7.49. The van der Waals surface area contributed by atoms with Crippen LogP contribution < -0.4 is 13.1 Å². The Morgan fingerprint density at radius 3 is 1.11 bits per heavy atom. The van der Waals surface area contributed by atoms with Crippen molar-refractivity contribution in [3.8, 4) is 0 Å². The summed E-state index contributed by atoms with van der Waals surface area (Å²) in [5.41, 5.74) is 0. The first-order valence-electron chi connectivity index (χ1n) is 8.41. The molecule has 0 heterocycles. The first-order chi connectivity index (χ1) is 12.9. The third-order valence-electron chi connectivity index (χ3n) is 3.99. The number of hydrogen-bond acceptors (Lipinski definition) is 0. The van der Waals surface area contributed by atoms with E-state index in [1.54, 1.807) is 0 Å². The van der Waals surface area contributed by atoms with Gasteiger partial charge in [0, 0.05) is 0 Å². The standard InChI is InChI=1S/C21H20As.BF4/c1-2-18-22(19-12-6-3-7-13-19,20-14-8-4-9-15-20)21-16-10-5-11-17-21;2-1(3,4)5/h2-17H,1,18H2;/q+1;-1. The van der Waals surface area contributed by atoms with Crippen molar-refractivity contribution in [1.29, 1.82) is 0 Å². The maximum atomic E-state index is 9.75. The summed E-state index contributed by atoms with van der Waals surface area (Å²) in [7, 11) is -6.00.